The van der Waals surface area contributed by atoms with Gasteiger partial charge in [0.15, 0.2) is 0 Å². The van der Waals surface area contributed by atoms with E-state index in [9.17, 15) is 0 Å². The van der Waals surface area contributed by atoms with Crippen LogP contribution in [-0.4, -0.2) is 0 Å². The van der Waals surface area contributed by atoms with Crippen LogP contribution in [0.15, 0.2) is 30.3 Å². The first-order valence-electron chi connectivity index (χ1n) is 7.39. The first-order valence-corrected chi connectivity index (χ1v) is 7.39. The summed E-state index contributed by atoms with van der Waals surface area (Å²) in [4.78, 5) is 0. The molecule has 0 aliphatic carbocycles. The lowest BCUT2D eigenvalue weighted by Crippen LogP contribution is -1.78. The zero-order chi connectivity index (χ0) is 13.4. The molecule has 0 nitrogen and oxygen atoms in total. The number of unbranched alkanes of at least 4 members (excludes halogenated alkanes) is 3. The predicted molar refractivity (Wildman–Crippen MR) is 81.6 cm³/mol. The molecule has 0 saturated heterocycles. The Bertz CT molecular complexity index is 197. The van der Waals surface area contributed by atoms with Crippen LogP contribution in [0.5, 0.6) is 0 Å². The summed E-state index contributed by atoms with van der Waals surface area (Å²) >= 11 is 0. The van der Waals surface area contributed by atoms with Gasteiger partial charge in [0.25, 0.3) is 0 Å². The average molecular weight is 236 g/mol. The lowest BCUT2D eigenvalue weighted by Gasteiger charge is -1.93. The van der Waals surface area contributed by atoms with Gasteiger partial charge in [0.2, 0.25) is 0 Å². The first-order chi connectivity index (χ1) is 8.35. The Hall–Kier alpha value is -0.780. The van der Waals surface area contributed by atoms with Gasteiger partial charge in [-0.1, -0.05) is 97.1 Å². The van der Waals surface area contributed by atoms with Crippen molar-refractivity contribution < 1.29 is 0 Å². The molecule has 0 saturated carbocycles. The molecule has 0 heterocycles. The minimum atomic E-state index is 1.21. The Morgan fingerprint density at radius 3 is 1.53 bits per heavy atom. The Kier molecular flexibility index (Phi) is 19.2. The van der Waals surface area contributed by atoms with Gasteiger partial charge in [-0.25, -0.2) is 0 Å². The van der Waals surface area contributed by atoms with Crippen molar-refractivity contribution in [1.82, 2.24) is 0 Å². The molecule has 0 heteroatoms. The molecule has 0 N–H and O–H groups in total. The van der Waals surface area contributed by atoms with E-state index in [1.165, 1.54) is 44.1 Å². The van der Waals surface area contributed by atoms with Gasteiger partial charge in [-0.3, -0.25) is 0 Å². The summed E-state index contributed by atoms with van der Waals surface area (Å²) < 4.78 is 0. The van der Waals surface area contributed by atoms with E-state index in [-0.39, 0.29) is 0 Å². The summed E-state index contributed by atoms with van der Waals surface area (Å²) in [5, 5.41) is 0. The lowest BCUT2D eigenvalue weighted by atomic mass is 10.1. The Balaban J connectivity index is 0. The van der Waals surface area contributed by atoms with Gasteiger partial charge in [0.1, 0.15) is 0 Å². The lowest BCUT2D eigenvalue weighted by molar-refractivity contribution is 0.702. The zero-order valence-corrected chi connectivity index (χ0v) is 12.6. The van der Waals surface area contributed by atoms with Gasteiger partial charge >= 0.3 is 0 Å². The van der Waals surface area contributed by atoms with Crippen molar-refractivity contribution in [3.8, 4) is 0 Å². The fraction of sp³-hybridized carbons (Fsp3) is 0.647. The van der Waals surface area contributed by atoms with Crippen molar-refractivity contribution in [2.45, 2.75) is 73.1 Å². The highest BCUT2D eigenvalue weighted by atomic mass is 13.9. The quantitative estimate of drug-likeness (QED) is 0.530. The standard InChI is InChI=1S/C9H12.C6H14.C2H6/c1-2-6-9-7-4-3-5-8-9;1-3-5-6-4-2;1-2/h3-5,7-8H,2,6H2,1H3;3-6H2,1-2H3;1-2H3. The highest BCUT2D eigenvalue weighted by Crippen LogP contribution is 2.00. The molecule has 0 radical (unpaired) electrons. The number of aryl methyl sites for hydroxylation is 1. The van der Waals surface area contributed by atoms with Crippen LogP contribution in [0.2, 0.25) is 0 Å². The van der Waals surface area contributed by atoms with E-state index < -0.39 is 0 Å². The van der Waals surface area contributed by atoms with Gasteiger partial charge in [0.05, 0.1) is 0 Å². The molecule has 1 aromatic rings. The van der Waals surface area contributed by atoms with Gasteiger partial charge in [0, 0.05) is 0 Å². The topological polar surface area (TPSA) is 0 Å². The fourth-order valence-electron chi connectivity index (χ4n) is 1.43. The van der Waals surface area contributed by atoms with Crippen molar-refractivity contribution in [3.63, 3.8) is 0 Å². The molecule has 0 spiro atoms. The average Bonchev–Trinajstić information content (AvgIpc) is 2.41. The third kappa shape index (κ3) is 15.2. The number of hydrogen-bond donors (Lipinski definition) is 0. The smallest absolute Gasteiger partial charge is 0.0281 e. The van der Waals surface area contributed by atoms with Gasteiger partial charge < -0.3 is 0 Å². The Morgan fingerprint density at radius 2 is 1.18 bits per heavy atom. The van der Waals surface area contributed by atoms with E-state index in [0.29, 0.717) is 0 Å². The SMILES string of the molecule is CC.CCCCCC.CCCc1ccccc1. The Labute approximate surface area is 109 Å². The van der Waals surface area contributed by atoms with Crippen LogP contribution >= 0.6 is 0 Å². The number of benzene rings is 1. The van der Waals surface area contributed by atoms with E-state index >= 15 is 0 Å². The Morgan fingerprint density at radius 1 is 0.706 bits per heavy atom. The molecule has 0 atom stereocenters. The van der Waals surface area contributed by atoms with Crippen molar-refractivity contribution in [2.24, 2.45) is 0 Å². The van der Waals surface area contributed by atoms with Crippen LogP contribution in [0.3, 0.4) is 0 Å². The molecule has 0 aliphatic rings. The molecular weight excluding hydrogens is 204 g/mol. The summed E-state index contributed by atoms with van der Waals surface area (Å²) in [6.07, 6.45) is 7.99. The molecule has 100 valence electrons. The van der Waals surface area contributed by atoms with Gasteiger partial charge in [-0.05, 0) is 12.0 Å². The van der Waals surface area contributed by atoms with Crippen molar-refractivity contribution in [1.29, 1.82) is 0 Å². The molecule has 1 aromatic carbocycles. The monoisotopic (exact) mass is 236 g/mol. The van der Waals surface area contributed by atoms with Crippen LogP contribution in [0.4, 0.5) is 0 Å². The molecule has 0 unspecified atom stereocenters. The van der Waals surface area contributed by atoms with Crippen LogP contribution in [0.1, 0.15) is 72.3 Å². The summed E-state index contributed by atoms with van der Waals surface area (Å²) in [5.74, 6) is 0. The van der Waals surface area contributed by atoms with Crippen molar-refractivity contribution >= 4 is 0 Å². The van der Waals surface area contributed by atoms with Gasteiger partial charge in [-0.15, -0.1) is 0 Å². The molecule has 0 aliphatic heterocycles. The summed E-state index contributed by atoms with van der Waals surface area (Å²) in [5.41, 5.74) is 1.44. The van der Waals surface area contributed by atoms with Crippen LogP contribution in [0.25, 0.3) is 0 Å². The van der Waals surface area contributed by atoms with Crippen LogP contribution in [-0.2, 0) is 6.42 Å². The van der Waals surface area contributed by atoms with E-state index in [1.54, 1.807) is 0 Å². The summed E-state index contributed by atoms with van der Waals surface area (Å²) in [6, 6.07) is 10.6. The second kappa shape index (κ2) is 17.6. The van der Waals surface area contributed by atoms with Gasteiger partial charge in [-0.2, -0.15) is 0 Å². The maximum Gasteiger partial charge on any atom is -0.0281 e. The highest BCUT2D eigenvalue weighted by molar-refractivity contribution is 5.14. The van der Waals surface area contributed by atoms with E-state index in [4.69, 9.17) is 0 Å². The third-order valence-electron chi connectivity index (χ3n) is 2.34. The molecule has 17 heavy (non-hydrogen) atoms. The molecule has 0 amide bonds. The number of rotatable bonds is 5. The van der Waals surface area contributed by atoms with E-state index in [2.05, 4.69) is 51.1 Å². The molecule has 0 fully saturated rings. The highest BCUT2D eigenvalue weighted by Gasteiger charge is 1.84. The largest absolute Gasteiger partial charge is 0.0683 e. The van der Waals surface area contributed by atoms with Crippen LogP contribution in [0, 0.1) is 0 Å². The predicted octanol–water partition coefficient (Wildman–Crippen LogP) is 6.25. The normalized spacial score (nSPS) is 8.53. The maximum atomic E-state index is 2.23. The first kappa shape index (κ1) is 18.6. The minimum absolute atomic E-state index is 1.21. The second-order valence-electron chi connectivity index (χ2n) is 3.94. The molecule has 1 rings (SSSR count). The molecule has 0 aromatic heterocycles. The van der Waals surface area contributed by atoms with E-state index in [0.717, 1.165) is 0 Å². The molecule has 0 bridgehead atoms. The van der Waals surface area contributed by atoms with Crippen molar-refractivity contribution in [3.05, 3.63) is 35.9 Å². The summed E-state index contributed by atoms with van der Waals surface area (Å²) in [7, 11) is 0. The number of hydrogen-bond acceptors (Lipinski definition) is 0. The third-order valence-corrected chi connectivity index (χ3v) is 2.34. The van der Waals surface area contributed by atoms with E-state index in [1.807, 2.05) is 13.8 Å². The fourth-order valence-corrected chi connectivity index (χ4v) is 1.43. The maximum absolute atomic E-state index is 2.23. The van der Waals surface area contributed by atoms with Crippen LogP contribution < -0.4 is 0 Å². The minimum Gasteiger partial charge on any atom is -0.0683 e. The second-order valence-corrected chi connectivity index (χ2v) is 3.94. The molecular formula is C17H32. The summed E-state index contributed by atoms with van der Waals surface area (Å²) in [6.45, 7) is 10.7. The van der Waals surface area contributed by atoms with Crippen molar-refractivity contribution in [2.75, 3.05) is 0 Å². The zero-order valence-electron chi connectivity index (χ0n) is 12.6.